The zero-order valence-corrected chi connectivity index (χ0v) is 8.80. The number of nitrogens with two attached hydrogens (primary N) is 1. The van der Waals surface area contributed by atoms with E-state index >= 15 is 0 Å². The monoisotopic (exact) mass is 207 g/mol. The van der Waals surface area contributed by atoms with E-state index in [0.29, 0.717) is 12.6 Å². The largest absolute Gasteiger partial charge is 0.303 e. The first kappa shape index (κ1) is 10.5. The summed E-state index contributed by atoms with van der Waals surface area (Å²) in [6, 6.07) is 4.58. The van der Waals surface area contributed by atoms with E-state index in [0.717, 1.165) is 13.1 Å². The van der Waals surface area contributed by atoms with Gasteiger partial charge in [-0.25, -0.2) is 5.90 Å². The average molecular weight is 207 g/mol. The van der Waals surface area contributed by atoms with Gasteiger partial charge in [0.1, 0.15) is 0 Å². The fourth-order valence-corrected chi connectivity index (χ4v) is 2.13. The van der Waals surface area contributed by atoms with Gasteiger partial charge in [-0.1, -0.05) is 0 Å². The Balaban J connectivity index is 1.93. The number of hydrogen-bond acceptors (Lipinski definition) is 4. The minimum absolute atomic E-state index is 0.475. The molecule has 1 aliphatic rings. The van der Waals surface area contributed by atoms with Gasteiger partial charge < -0.3 is 4.84 Å². The number of likely N-dealkylation sites (tertiary alicyclic amines) is 1. The van der Waals surface area contributed by atoms with Crippen LogP contribution >= 0.6 is 0 Å². The first-order valence-corrected chi connectivity index (χ1v) is 5.35. The maximum absolute atomic E-state index is 5.13. The first-order chi connectivity index (χ1) is 7.40. The van der Waals surface area contributed by atoms with Gasteiger partial charge in [-0.2, -0.15) is 0 Å². The summed E-state index contributed by atoms with van der Waals surface area (Å²) in [5, 5.41) is 0. The zero-order chi connectivity index (χ0) is 10.5. The van der Waals surface area contributed by atoms with Gasteiger partial charge in [-0.15, -0.1) is 0 Å². The molecule has 0 saturated carbocycles. The molecule has 2 heterocycles. The van der Waals surface area contributed by atoms with Crippen molar-refractivity contribution >= 4 is 0 Å². The van der Waals surface area contributed by atoms with Gasteiger partial charge in [0, 0.05) is 25.0 Å². The van der Waals surface area contributed by atoms with Crippen LogP contribution in [0.15, 0.2) is 24.5 Å². The normalized spacial score (nSPS) is 22.1. The van der Waals surface area contributed by atoms with Crippen LogP contribution in [-0.2, 0) is 11.4 Å². The minimum Gasteiger partial charge on any atom is -0.303 e. The number of pyridine rings is 1. The maximum Gasteiger partial charge on any atom is 0.0834 e. The molecule has 0 amide bonds. The van der Waals surface area contributed by atoms with E-state index in [-0.39, 0.29) is 0 Å². The Labute approximate surface area is 90.0 Å². The van der Waals surface area contributed by atoms with E-state index in [9.17, 15) is 0 Å². The minimum atomic E-state index is 0.475. The van der Waals surface area contributed by atoms with Crippen LogP contribution in [0, 0.1) is 0 Å². The molecule has 15 heavy (non-hydrogen) atoms. The molecule has 0 radical (unpaired) electrons. The fraction of sp³-hybridized carbons (Fsp3) is 0.545. The highest BCUT2D eigenvalue weighted by Gasteiger charge is 2.24. The summed E-state index contributed by atoms with van der Waals surface area (Å²) < 4.78 is 0. The molecule has 4 heteroatoms. The zero-order valence-electron chi connectivity index (χ0n) is 8.80. The Kier molecular flexibility index (Phi) is 3.66. The summed E-state index contributed by atoms with van der Waals surface area (Å²) in [7, 11) is 0. The predicted octanol–water partition coefficient (Wildman–Crippen LogP) is 0.936. The van der Waals surface area contributed by atoms with E-state index in [4.69, 9.17) is 10.7 Å². The van der Waals surface area contributed by atoms with Crippen LogP contribution in [0.4, 0.5) is 0 Å². The molecule has 2 N–H and O–H groups in total. The van der Waals surface area contributed by atoms with Crippen molar-refractivity contribution in [3.63, 3.8) is 0 Å². The van der Waals surface area contributed by atoms with Gasteiger partial charge in [-0.05, 0) is 37.1 Å². The van der Waals surface area contributed by atoms with Crippen molar-refractivity contribution < 1.29 is 4.84 Å². The third kappa shape index (κ3) is 2.75. The second-order valence-electron chi connectivity index (χ2n) is 3.96. The lowest BCUT2D eigenvalue weighted by Crippen LogP contribution is -2.33. The van der Waals surface area contributed by atoms with Gasteiger partial charge in [0.15, 0.2) is 0 Å². The summed E-state index contributed by atoms with van der Waals surface area (Å²) in [5.74, 6) is 5.13. The molecule has 82 valence electrons. The van der Waals surface area contributed by atoms with Gasteiger partial charge in [0.25, 0.3) is 0 Å². The van der Waals surface area contributed by atoms with Crippen molar-refractivity contribution in [3.8, 4) is 0 Å². The average Bonchev–Trinajstić information content (AvgIpc) is 2.68. The molecular formula is C11H17N3O. The first-order valence-electron chi connectivity index (χ1n) is 5.35. The second-order valence-corrected chi connectivity index (χ2v) is 3.96. The van der Waals surface area contributed by atoms with Crippen LogP contribution in [0.25, 0.3) is 0 Å². The van der Waals surface area contributed by atoms with E-state index in [2.05, 4.69) is 22.0 Å². The third-order valence-electron chi connectivity index (χ3n) is 2.92. The van der Waals surface area contributed by atoms with Gasteiger partial charge in [0.2, 0.25) is 0 Å². The smallest absolute Gasteiger partial charge is 0.0834 e. The standard InChI is InChI=1S/C11H17N3O/c12-15-9-11-2-1-7-14(11)8-10-3-5-13-6-4-10/h3-6,11H,1-2,7-9,12H2. The molecule has 1 unspecified atom stereocenters. The summed E-state index contributed by atoms with van der Waals surface area (Å²) in [4.78, 5) is 11.2. The quantitative estimate of drug-likeness (QED) is 0.746. The maximum atomic E-state index is 5.13. The molecule has 2 rings (SSSR count). The van der Waals surface area contributed by atoms with Gasteiger partial charge in [0.05, 0.1) is 6.61 Å². The topological polar surface area (TPSA) is 51.4 Å². The highest BCUT2D eigenvalue weighted by Crippen LogP contribution is 2.19. The number of hydrogen-bond donors (Lipinski definition) is 1. The van der Waals surface area contributed by atoms with Crippen LogP contribution in [0.1, 0.15) is 18.4 Å². The summed E-state index contributed by atoms with van der Waals surface area (Å²) >= 11 is 0. The fourth-order valence-electron chi connectivity index (χ4n) is 2.13. The van der Waals surface area contributed by atoms with Crippen molar-refractivity contribution in [2.75, 3.05) is 13.2 Å². The van der Waals surface area contributed by atoms with Gasteiger partial charge >= 0.3 is 0 Å². The Hall–Kier alpha value is -0.970. The highest BCUT2D eigenvalue weighted by atomic mass is 16.6. The Morgan fingerprint density at radius 2 is 2.27 bits per heavy atom. The van der Waals surface area contributed by atoms with Crippen molar-refractivity contribution in [2.24, 2.45) is 5.90 Å². The predicted molar refractivity (Wildman–Crippen MR) is 57.8 cm³/mol. The van der Waals surface area contributed by atoms with Gasteiger partial charge in [-0.3, -0.25) is 9.88 Å². The highest BCUT2D eigenvalue weighted by molar-refractivity contribution is 5.09. The number of aromatic nitrogens is 1. The molecule has 1 atom stereocenters. The number of nitrogens with zero attached hydrogens (tertiary/aromatic N) is 2. The number of rotatable bonds is 4. The van der Waals surface area contributed by atoms with E-state index in [1.54, 1.807) is 0 Å². The Bertz CT molecular complexity index is 291. The van der Waals surface area contributed by atoms with Crippen molar-refractivity contribution in [3.05, 3.63) is 30.1 Å². The molecule has 0 spiro atoms. The van der Waals surface area contributed by atoms with Crippen LogP contribution in [0.5, 0.6) is 0 Å². The molecule has 0 aliphatic carbocycles. The summed E-state index contributed by atoms with van der Waals surface area (Å²) in [6.45, 7) is 2.73. The second kappa shape index (κ2) is 5.21. The molecule has 0 aromatic carbocycles. The van der Waals surface area contributed by atoms with Crippen molar-refractivity contribution in [1.29, 1.82) is 0 Å². The Morgan fingerprint density at radius 1 is 1.47 bits per heavy atom. The summed E-state index contributed by atoms with van der Waals surface area (Å²) in [6.07, 6.45) is 6.08. The molecule has 1 aliphatic heterocycles. The van der Waals surface area contributed by atoms with Crippen molar-refractivity contribution in [2.45, 2.75) is 25.4 Å². The molecular weight excluding hydrogens is 190 g/mol. The van der Waals surface area contributed by atoms with Crippen LogP contribution in [0.3, 0.4) is 0 Å². The molecule has 4 nitrogen and oxygen atoms in total. The molecule has 0 bridgehead atoms. The lowest BCUT2D eigenvalue weighted by atomic mass is 10.2. The van der Waals surface area contributed by atoms with E-state index in [1.165, 1.54) is 18.4 Å². The third-order valence-corrected chi connectivity index (χ3v) is 2.92. The molecule has 1 aromatic heterocycles. The molecule has 1 aromatic rings. The molecule has 1 fully saturated rings. The van der Waals surface area contributed by atoms with E-state index < -0.39 is 0 Å². The lowest BCUT2D eigenvalue weighted by molar-refractivity contribution is 0.0751. The van der Waals surface area contributed by atoms with Crippen LogP contribution in [-0.4, -0.2) is 29.1 Å². The molecule has 1 saturated heterocycles. The summed E-state index contributed by atoms with van der Waals surface area (Å²) in [5.41, 5.74) is 1.30. The lowest BCUT2D eigenvalue weighted by Gasteiger charge is -2.23. The van der Waals surface area contributed by atoms with Crippen LogP contribution < -0.4 is 5.90 Å². The Morgan fingerprint density at radius 3 is 3.00 bits per heavy atom. The van der Waals surface area contributed by atoms with Crippen LogP contribution in [0.2, 0.25) is 0 Å². The van der Waals surface area contributed by atoms with E-state index in [1.807, 2.05) is 12.4 Å². The van der Waals surface area contributed by atoms with Crippen molar-refractivity contribution in [1.82, 2.24) is 9.88 Å². The SMILES string of the molecule is NOCC1CCCN1Cc1ccncc1.